The molecule has 4 heterocycles. The van der Waals surface area contributed by atoms with Crippen molar-refractivity contribution >= 4 is 28.5 Å². The van der Waals surface area contributed by atoms with Crippen LogP contribution in [0.5, 0.6) is 0 Å². The van der Waals surface area contributed by atoms with Gasteiger partial charge in [0.2, 0.25) is 0 Å². The van der Waals surface area contributed by atoms with Crippen molar-refractivity contribution in [3.63, 3.8) is 0 Å². The molecular formula is C31H38N6O3. The number of rotatable bonds is 4. The number of fused-ring (bicyclic) bond motifs is 3. The van der Waals surface area contributed by atoms with Gasteiger partial charge in [0.15, 0.2) is 5.82 Å². The zero-order valence-corrected chi connectivity index (χ0v) is 23.5. The molecule has 40 heavy (non-hydrogen) atoms. The maximum atomic E-state index is 12.9. The number of carbonyl (C=O) groups excluding carboxylic acids is 1. The van der Waals surface area contributed by atoms with Crippen LogP contribution in [-0.2, 0) is 4.74 Å². The molecule has 1 aromatic carbocycles. The van der Waals surface area contributed by atoms with E-state index in [-0.39, 0.29) is 35.7 Å². The summed E-state index contributed by atoms with van der Waals surface area (Å²) in [6.07, 6.45) is 9.22. The molecule has 6 rings (SSSR count). The molecular weight excluding hydrogens is 504 g/mol. The first kappa shape index (κ1) is 26.4. The van der Waals surface area contributed by atoms with Crippen LogP contribution in [0.4, 0.5) is 16.3 Å². The number of pyridine rings is 1. The maximum Gasteiger partial charge on any atom is 0.410 e. The van der Waals surface area contributed by atoms with Gasteiger partial charge in [0, 0.05) is 24.0 Å². The molecule has 1 saturated carbocycles. The van der Waals surface area contributed by atoms with Gasteiger partial charge in [-0.25, -0.2) is 4.79 Å². The third-order valence-electron chi connectivity index (χ3n) is 8.82. The molecule has 1 amide bonds. The van der Waals surface area contributed by atoms with Crippen LogP contribution in [0.2, 0.25) is 0 Å². The number of nitrogens with zero attached hydrogens (tertiary/aromatic N) is 4. The number of nitriles is 1. The van der Waals surface area contributed by atoms with Crippen molar-refractivity contribution in [2.45, 2.75) is 102 Å². The van der Waals surface area contributed by atoms with Gasteiger partial charge in [-0.05, 0) is 89.0 Å². The van der Waals surface area contributed by atoms with Gasteiger partial charge in [0.05, 0.1) is 23.5 Å². The molecule has 1 aliphatic carbocycles. The summed E-state index contributed by atoms with van der Waals surface area (Å²) in [6, 6.07) is 13.1. The summed E-state index contributed by atoms with van der Waals surface area (Å²) in [5.74, 6) is 0.790. The topological polar surface area (TPSA) is 116 Å². The van der Waals surface area contributed by atoms with Gasteiger partial charge in [-0.2, -0.15) is 10.4 Å². The van der Waals surface area contributed by atoms with E-state index in [1.54, 1.807) is 6.20 Å². The fourth-order valence-electron chi connectivity index (χ4n) is 7.03. The third kappa shape index (κ3) is 4.96. The monoisotopic (exact) mass is 542 g/mol. The molecule has 5 atom stereocenters. The number of H-pyrrole nitrogens is 1. The summed E-state index contributed by atoms with van der Waals surface area (Å²) in [7, 11) is 0. The lowest BCUT2D eigenvalue weighted by Gasteiger charge is -2.39. The first-order valence-electron chi connectivity index (χ1n) is 14.6. The van der Waals surface area contributed by atoms with Gasteiger partial charge in [0.25, 0.3) is 5.56 Å². The second-order valence-corrected chi connectivity index (χ2v) is 12.6. The number of hydrogen-bond acceptors (Lipinski definition) is 6. The Bertz CT molecular complexity index is 1480. The molecule has 3 fully saturated rings. The summed E-state index contributed by atoms with van der Waals surface area (Å²) < 4.78 is 7.58. The normalized spacial score (nSPS) is 26.4. The Morgan fingerprint density at radius 2 is 1.77 bits per heavy atom. The Hall–Kier alpha value is -3.80. The molecule has 0 spiro atoms. The van der Waals surface area contributed by atoms with Gasteiger partial charge in [-0.1, -0.05) is 25.0 Å². The lowest BCUT2D eigenvalue weighted by Crippen LogP contribution is -2.48. The number of anilines is 2. The van der Waals surface area contributed by atoms with Crippen molar-refractivity contribution < 1.29 is 9.53 Å². The minimum absolute atomic E-state index is 0.0390. The van der Waals surface area contributed by atoms with Crippen LogP contribution in [0.3, 0.4) is 0 Å². The molecule has 0 radical (unpaired) electrons. The van der Waals surface area contributed by atoms with Crippen molar-refractivity contribution in [2.24, 2.45) is 5.92 Å². The number of hydrogen-bond donors (Lipinski definition) is 2. The fraction of sp³-hybridized carbons (Fsp3) is 0.548. The van der Waals surface area contributed by atoms with E-state index in [2.05, 4.69) is 28.5 Å². The van der Waals surface area contributed by atoms with Crippen molar-refractivity contribution in [2.75, 3.05) is 5.32 Å². The molecule has 3 aliphatic rings. The minimum Gasteiger partial charge on any atom is -0.444 e. The van der Waals surface area contributed by atoms with E-state index in [4.69, 9.17) is 9.84 Å². The standard InChI is InChI=1S/C31H38N6O3/c1-31(2,3)40-30(39)36-23-12-13-24(36)17-21(16-23)19-8-10-22(11-9-19)34-28-27-26(14-15-33-29(27)38)37(35-28)25-7-5-4-6-20(25)18-32/h8-11,14-15,20-21,23-25H,4-7,12-13,16-17H2,1-3H3,(H,33,38)(H,34,35)/t20-,21?,23-,24+,25+/m1/s1. The SMILES string of the molecule is CC(C)(C)OC(=O)N1[C@@H]2CC[C@H]1CC(c1ccc(Nc3nn([C@H]4CCCC[C@@H]4C#N)c4cc[nH]c(=O)c34)cc1)C2. The number of aromatic amines is 1. The van der Waals surface area contributed by atoms with Crippen molar-refractivity contribution in [1.82, 2.24) is 19.7 Å². The molecule has 9 nitrogen and oxygen atoms in total. The van der Waals surface area contributed by atoms with Crippen LogP contribution in [0.25, 0.3) is 10.9 Å². The Balaban J connectivity index is 1.20. The Morgan fingerprint density at radius 3 is 2.45 bits per heavy atom. The molecule has 2 N–H and O–H groups in total. The highest BCUT2D eigenvalue weighted by Crippen LogP contribution is 2.44. The summed E-state index contributed by atoms with van der Waals surface area (Å²) in [4.78, 5) is 30.5. The highest BCUT2D eigenvalue weighted by Gasteiger charge is 2.45. The predicted molar refractivity (Wildman–Crippen MR) is 154 cm³/mol. The molecule has 2 bridgehead atoms. The van der Waals surface area contributed by atoms with Crippen LogP contribution in [0.15, 0.2) is 41.3 Å². The summed E-state index contributed by atoms with van der Waals surface area (Å²) in [6.45, 7) is 5.74. The average Bonchev–Trinajstić information content (AvgIpc) is 3.42. The number of carbonyl (C=O) groups is 1. The lowest BCUT2D eigenvalue weighted by molar-refractivity contribution is 0.00584. The van der Waals surface area contributed by atoms with E-state index >= 15 is 0 Å². The molecule has 1 unspecified atom stereocenters. The van der Waals surface area contributed by atoms with E-state index in [0.717, 1.165) is 62.6 Å². The van der Waals surface area contributed by atoms with Gasteiger partial charge in [0.1, 0.15) is 11.0 Å². The van der Waals surface area contributed by atoms with Crippen LogP contribution in [0, 0.1) is 17.2 Å². The Labute approximate surface area is 234 Å². The minimum atomic E-state index is -0.490. The summed E-state index contributed by atoms with van der Waals surface area (Å²) in [5.41, 5.74) is 2.18. The Kier molecular flexibility index (Phi) is 6.81. The second-order valence-electron chi connectivity index (χ2n) is 12.6. The molecule has 2 saturated heterocycles. The molecule has 3 aromatic rings. The van der Waals surface area contributed by atoms with E-state index in [9.17, 15) is 14.9 Å². The van der Waals surface area contributed by atoms with Crippen LogP contribution >= 0.6 is 0 Å². The van der Waals surface area contributed by atoms with Crippen molar-refractivity contribution in [3.05, 3.63) is 52.4 Å². The number of benzene rings is 1. The van der Waals surface area contributed by atoms with Gasteiger partial charge in [-0.15, -0.1) is 0 Å². The second kappa shape index (κ2) is 10.3. The van der Waals surface area contributed by atoms with E-state index in [1.807, 2.05) is 48.6 Å². The number of amides is 1. The first-order chi connectivity index (χ1) is 19.2. The van der Waals surface area contributed by atoms with E-state index < -0.39 is 5.60 Å². The highest BCUT2D eigenvalue weighted by atomic mass is 16.6. The average molecular weight is 543 g/mol. The molecule has 2 aliphatic heterocycles. The number of aromatic nitrogens is 3. The van der Waals surface area contributed by atoms with Crippen molar-refractivity contribution in [3.8, 4) is 6.07 Å². The largest absolute Gasteiger partial charge is 0.444 e. The van der Waals surface area contributed by atoms with Gasteiger partial charge in [-0.3, -0.25) is 9.48 Å². The zero-order valence-electron chi connectivity index (χ0n) is 23.5. The fourth-order valence-corrected chi connectivity index (χ4v) is 7.03. The first-order valence-corrected chi connectivity index (χ1v) is 14.6. The molecule has 2 aromatic heterocycles. The predicted octanol–water partition coefficient (Wildman–Crippen LogP) is 6.37. The highest BCUT2D eigenvalue weighted by molar-refractivity contribution is 5.91. The van der Waals surface area contributed by atoms with Crippen LogP contribution < -0.4 is 10.9 Å². The van der Waals surface area contributed by atoms with E-state index in [1.165, 1.54) is 5.56 Å². The van der Waals surface area contributed by atoms with Crippen molar-refractivity contribution in [1.29, 1.82) is 5.26 Å². The smallest absolute Gasteiger partial charge is 0.410 e. The number of piperidine rings is 1. The van der Waals surface area contributed by atoms with Crippen LogP contribution in [-0.4, -0.2) is 43.4 Å². The quantitative estimate of drug-likeness (QED) is 0.396. The molecule has 210 valence electrons. The number of nitrogens with one attached hydrogen (secondary N) is 2. The molecule has 9 heteroatoms. The van der Waals surface area contributed by atoms with Gasteiger partial charge < -0.3 is 19.9 Å². The summed E-state index contributed by atoms with van der Waals surface area (Å²) in [5, 5.41) is 18.5. The maximum absolute atomic E-state index is 12.9. The Morgan fingerprint density at radius 1 is 1.07 bits per heavy atom. The summed E-state index contributed by atoms with van der Waals surface area (Å²) >= 11 is 0. The zero-order chi connectivity index (χ0) is 28.0. The van der Waals surface area contributed by atoms with Crippen LogP contribution in [0.1, 0.15) is 89.7 Å². The lowest BCUT2D eigenvalue weighted by atomic mass is 9.85. The number of ether oxygens (including phenoxy) is 1. The van der Waals surface area contributed by atoms with Gasteiger partial charge >= 0.3 is 6.09 Å². The van der Waals surface area contributed by atoms with E-state index in [0.29, 0.717) is 17.1 Å². The third-order valence-corrected chi connectivity index (χ3v) is 8.82.